The predicted octanol–water partition coefficient (Wildman–Crippen LogP) is 2.24. The second-order valence-electron chi connectivity index (χ2n) is 1.87. The van der Waals surface area contributed by atoms with Crippen molar-refractivity contribution in [3.8, 4) is 0 Å². The molecule has 0 spiro atoms. The van der Waals surface area contributed by atoms with Crippen molar-refractivity contribution in [2.24, 2.45) is 0 Å². The van der Waals surface area contributed by atoms with E-state index in [9.17, 15) is 9.00 Å². The maximum absolute atomic E-state index is 10.9. The smallest absolute Gasteiger partial charge is 0.422 e. The zero-order chi connectivity index (χ0) is 10.6. The lowest BCUT2D eigenvalue weighted by atomic mass is 10.8. The molecule has 0 heterocycles. The molecular weight excluding hydrogens is 284 g/mol. The minimum atomic E-state index is -1.97. The maximum Gasteiger partial charge on any atom is 0.422 e. The van der Waals surface area contributed by atoms with Gasteiger partial charge in [-0.25, -0.2) is 13.3 Å². The summed E-state index contributed by atoms with van der Waals surface area (Å²) in [6.45, 7) is -0.436. The molecule has 0 aliphatic rings. The molecule has 78 valence electrons. The van der Waals surface area contributed by atoms with E-state index < -0.39 is 26.7 Å². The van der Waals surface area contributed by atoms with Gasteiger partial charge in [-0.1, -0.05) is 34.8 Å². The average Bonchev–Trinajstić information content (AvgIpc) is 1.97. The topological polar surface area (TPSA) is 46.6 Å². The van der Waals surface area contributed by atoms with Gasteiger partial charge in [-0.15, -0.1) is 0 Å². The molecule has 1 atom stereocenters. The lowest BCUT2D eigenvalue weighted by Crippen LogP contribution is -2.29. The van der Waals surface area contributed by atoms with Gasteiger partial charge in [0.2, 0.25) is 14.0 Å². The normalized spacial score (nSPS) is 13.6. The van der Waals surface area contributed by atoms with Crippen LogP contribution in [0.1, 0.15) is 0 Å². The number of amides is 1. The Kier molecular flexibility index (Phi) is 5.70. The maximum atomic E-state index is 10.9. The van der Waals surface area contributed by atoms with E-state index in [4.69, 9.17) is 45.5 Å². The van der Waals surface area contributed by atoms with Gasteiger partial charge in [-0.2, -0.15) is 0 Å². The summed E-state index contributed by atoms with van der Waals surface area (Å²) < 4.78 is 13.9. The zero-order valence-electron chi connectivity index (χ0n) is 6.30. The fourth-order valence-corrected chi connectivity index (χ4v) is 0.796. The summed E-state index contributed by atoms with van der Waals surface area (Å²) in [5.74, 6) is 0. The Balaban J connectivity index is 3.96. The van der Waals surface area contributed by atoms with Crippen molar-refractivity contribution in [2.75, 3.05) is 13.7 Å². The largest absolute Gasteiger partial charge is 0.444 e. The van der Waals surface area contributed by atoms with Gasteiger partial charge in [0.1, 0.15) is 6.61 Å². The average molecular weight is 289 g/mol. The van der Waals surface area contributed by atoms with Crippen LogP contribution in [0, 0.1) is 0 Å². The van der Waals surface area contributed by atoms with E-state index in [1.54, 1.807) is 0 Å². The van der Waals surface area contributed by atoms with Crippen LogP contribution in [0.15, 0.2) is 0 Å². The number of halogens is 4. The van der Waals surface area contributed by atoms with Crippen molar-refractivity contribution in [3.63, 3.8) is 0 Å². The summed E-state index contributed by atoms with van der Waals surface area (Å²) in [6, 6.07) is 0. The summed E-state index contributed by atoms with van der Waals surface area (Å²) in [7, 11) is 4.29. The molecule has 0 aliphatic heterocycles. The molecule has 0 aromatic heterocycles. The van der Waals surface area contributed by atoms with Crippen LogP contribution in [0.25, 0.3) is 0 Å². The van der Waals surface area contributed by atoms with Crippen molar-refractivity contribution in [1.82, 2.24) is 4.31 Å². The summed E-state index contributed by atoms with van der Waals surface area (Å²) in [4.78, 5) is 10.9. The van der Waals surface area contributed by atoms with Gasteiger partial charge >= 0.3 is 6.09 Å². The van der Waals surface area contributed by atoms with Crippen LogP contribution in [0.5, 0.6) is 0 Å². The molecule has 1 unspecified atom stereocenters. The molecule has 0 radical (unpaired) electrons. The number of hydrogen-bond donors (Lipinski definition) is 0. The monoisotopic (exact) mass is 287 g/mol. The molecule has 0 aromatic rings. The summed E-state index contributed by atoms with van der Waals surface area (Å²) >= 11 is 15.9. The Hall–Kier alpha value is 0.580. The number of nitrogens with zero attached hydrogens (tertiary/aromatic N) is 1. The van der Waals surface area contributed by atoms with E-state index in [-0.39, 0.29) is 0 Å². The quantitative estimate of drug-likeness (QED) is 0.578. The third-order valence-corrected chi connectivity index (χ3v) is 2.36. The van der Waals surface area contributed by atoms with Crippen LogP contribution < -0.4 is 0 Å². The van der Waals surface area contributed by atoms with E-state index in [1.807, 2.05) is 0 Å². The van der Waals surface area contributed by atoms with Gasteiger partial charge in [-0.05, 0) is 0 Å². The molecule has 0 N–H and O–H groups in total. The van der Waals surface area contributed by atoms with Crippen molar-refractivity contribution < 1.29 is 13.7 Å². The summed E-state index contributed by atoms with van der Waals surface area (Å²) in [5.41, 5.74) is 0. The van der Waals surface area contributed by atoms with Crippen LogP contribution >= 0.6 is 45.5 Å². The highest BCUT2D eigenvalue weighted by molar-refractivity contribution is 8.06. The van der Waals surface area contributed by atoms with Gasteiger partial charge < -0.3 is 4.74 Å². The lowest BCUT2D eigenvalue weighted by Gasteiger charge is -2.15. The predicted molar refractivity (Wildman–Crippen MR) is 53.4 cm³/mol. The third kappa shape index (κ3) is 6.62. The van der Waals surface area contributed by atoms with Crippen molar-refractivity contribution in [1.29, 1.82) is 0 Å². The number of alkyl halides is 3. The van der Waals surface area contributed by atoms with E-state index in [0.29, 0.717) is 4.31 Å². The second kappa shape index (κ2) is 5.46. The molecule has 0 fully saturated rings. The van der Waals surface area contributed by atoms with Crippen molar-refractivity contribution in [2.45, 2.75) is 3.79 Å². The van der Waals surface area contributed by atoms with Crippen LogP contribution in [0.2, 0.25) is 0 Å². The minimum Gasteiger partial charge on any atom is -0.444 e. The van der Waals surface area contributed by atoms with E-state index in [2.05, 4.69) is 4.74 Å². The molecular formula is C4H5Cl4NO3S. The fourth-order valence-electron chi connectivity index (χ4n) is 0.293. The van der Waals surface area contributed by atoms with E-state index in [1.165, 1.54) is 7.05 Å². The molecule has 0 saturated carbocycles. The summed E-state index contributed by atoms with van der Waals surface area (Å²) in [5, 5.41) is 0. The standard InChI is InChI=1S/C4H5Cl4NO3S/c1-9(13(8)11)3(10)12-2-4(5,6)7/h2H2,1H3. The Labute approximate surface area is 97.1 Å². The molecule has 0 aliphatic carbocycles. The zero-order valence-corrected chi connectivity index (χ0v) is 10.1. The van der Waals surface area contributed by atoms with E-state index in [0.717, 1.165) is 0 Å². The summed E-state index contributed by atoms with van der Waals surface area (Å²) in [6.07, 6.45) is -0.931. The number of carbonyl (C=O) groups excluding carboxylic acids is 1. The van der Waals surface area contributed by atoms with Crippen LogP contribution in [0.3, 0.4) is 0 Å². The highest BCUT2D eigenvalue weighted by Crippen LogP contribution is 2.26. The molecule has 4 nitrogen and oxygen atoms in total. The Bertz CT molecular complexity index is 218. The first-order valence-corrected chi connectivity index (χ1v) is 5.86. The van der Waals surface area contributed by atoms with Gasteiger partial charge in [0, 0.05) is 17.7 Å². The van der Waals surface area contributed by atoms with Gasteiger partial charge in [0.15, 0.2) is 0 Å². The first kappa shape index (κ1) is 13.6. The molecule has 1 amide bonds. The first-order chi connectivity index (χ1) is 5.74. The highest BCUT2D eigenvalue weighted by Gasteiger charge is 2.24. The van der Waals surface area contributed by atoms with Crippen LogP contribution in [-0.2, 0) is 14.9 Å². The van der Waals surface area contributed by atoms with Crippen molar-refractivity contribution >= 4 is 61.8 Å². The Morgan fingerprint density at radius 2 is 2.00 bits per heavy atom. The van der Waals surface area contributed by atoms with Gasteiger partial charge in [-0.3, -0.25) is 0 Å². The molecule has 0 bridgehead atoms. The Morgan fingerprint density at radius 1 is 1.54 bits per heavy atom. The van der Waals surface area contributed by atoms with Gasteiger partial charge in [0.25, 0.3) is 0 Å². The number of ether oxygens (including phenoxy) is 1. The lowest BCUT2D eigenvalue weighted by molar-refractivity contribution is 0.134. The third-order valence-electron chi connectivity index (χ3n) is 0.832. The SMILES string of the molecule is CN(C(=O)OCC(Cl)(Cl)Cl)S(=O)Cl. The van der Waals surface area contributed by atoms with E-state index >= 15 is 0 Å². The molecule has 0 saturated heterocycles. The van der Waals surface area contributed by atoms with Crippen LogP contribution in [-0.4, -0.2) is 32.1 Å². The van der Waals surface area contributed by atoms with Crippen LogP contribution in [0.4, 0.5) is 4.79 Å². The first-order valence-electron chi connectivity index (χ1n) is 2.79. The van der Waals surface area contributed by atoms with Gasteiger partial charge in [0.05, 0.1) is 0 Å². The number of hydrogen-bond acceptors (Lipinski definition) is 3. The molecule has 9 heteroatoms. The number of carbonyl (C=O) groups is 1. The Morgan fingerprint density at radius 3 is 2.31 bits per heavy atom. The number of rotatable bonds is 2. The fraction of sp³-hybridized carbons (Fsp3) is 0.750. The minimum absolute atomic E-state index is 0.436. The highest BCUT2D eigenvalue weighted by atomic mass is 35.7. The second-order valence-corrected chi connectivity index (χ2v) is 6.14. The van der Waals surface area contributed by atoms with Crippen molar-refractivity contribution in [3.05, 3.63) is 0 Å². The molecule has 13 heavy (non-hydrogen) atoms. The molecule has 0 rings (SSSR count). The molecule has 0 aromatic carbocycles.